The summed E-state index contributed by atoms with van der Waals surface area (Å²) in [6.45, 7) is 0. The van der Waals surface area contributed by atoms with Gasteiger partial charge in [0.15, 0.2) is 5.65 Å². The minimum absolute atomic E-state index is 0.317. The second-order valence-corrected chi connectivity index (χ2v) is 5.32. The van der Waals surface area contributed by atoms with Gasteiger partial charge in [-0.3, -0.25) is 9.78 Å². The van der Waals surface area contributed by atoms with E-state index in [1.807, 2.05) is 24.3 Å². The summed E-state index contributed by atoms with van der Waals surface area (Å²) in [6, 6.07) is 7.51. The Balaban J connectivity index is 2.05. The third kappa shape index (κ3) is 2.62. The predicted molar refractivity (Wildman–Crippen MR) is 76.8 cm³/mol. The first-order valence-corrected chi connectivity index (χ1v) is 6.94. The molecule has 0 spiro atoms. The topological polar surface area (TPSA) is 93.3 Å². The number of hydrogen-bond acceptors (Lipinski definition) is 5. The van der Waals surface area contributed by atoms with Gasteiger partial charge in [-0.05, 0) is 28.5 Å². The summed E-state index contributed by atoms with van der Waals surface area (Å²) in [5.74, 6) is -1.74. The Morgan fingerprint density at radius 3 is 2.90 bits per heavy atom. The van der Waals surface area contributed by atoms with E-state index in [0.29, 0.717) is 17.8 Å². The van der Waals surface area contributed by atoms with Crippen LogP contribution in [0.1, 0.15) is 17.2 Å². The van der Waals surface area contributed by atoms with Crippen molar-refractivity contribution in [3.05, 3.63) is 52.4 Å². The maximum atomic E-state index is 11.7. The molecule has 0 saturated heterocycles. The second kappa shape index (κ2) is 5.57. The van der Waals surface area contributed by atoms with Gasteiger partial charge in [-0.15, -0.1) is 5.10 Å². The smallest absolute Gasteiger partial charge is 0.312 e. The van der Waals surface area contributed by atoms with Crippen molar-refractivity contribution >= 4 is 27.5 Å². The molecule has 8 heteroatoms. The van der Waals surface area contributed by atoms with E-state index in [1.165, 1.54) is 16.9 Å². The minimum atomic E-state index is -0.949. The molecule has 2 heterocycles. The van der Waals surface area contributed by atoms with E-state index >= 15 is 0 Å². The lowest BCUT2D eigenvalue weighted by Gasteiger charge is -2.14. The highest BCUT2D eigenvalue weighted by Gasteiger charge is 2.25. The van der Waals surface area contributed by atoms with Gasteiger partial charge in [-0.1, -0.05) is 34.1 Å². The number of aromatic nitrogens is 5. The first-order valence-electron chi connectivity index (χ1n) is 6.15. The summed E-state index contributed by atoms with van der Waals surface area (Å²) in [4.78, 5) is 15.7. The molecule has 7 nitrogen and oxygen atoms in total. The van der Waals surface area contributed by atoms with Gasteiger partial charge in [0, 0.05) is 10.7 Å². The molecule has 2 aromatic heterocycles. The molecule has 1 N–H and O–H groups in total. The zero-order chi connectivity index (χ0) is 14.8. The van der Waals surface area contributed by atoms with Crippen LogP contribution in [0, 0.1) is 0 Å². The van der Waals surface area contributed by atoms with E-state index in [-0.39, 0.29) is 0 Å². The summed E-state index contributed by atoms with van der Waals surface area (Å²) in [5, 5.41) is 20.7. The Bertz CT molecular complexity index is 804. The van der Waals surface area contributed by atoms with Crippen LogP contribution in [-0.2, 0) is 11.2 Å². The molecule has 1 atom stereocenters. The zero-order valence-electron chi connectivity index (χ0n) is 10.7. The third-order valence-corrected chi connectivity index (χ3v) is 3.95. The molecule has 0 aliphatic heterocycles. The molecule has 0 saturated carbocycles. The molecule has 0 amide bonds. The van der Waals surface area contributed by atoms with Crippen molar-refractivity contribution in [1.29, 1.82) is 0 Å². The average molecular weight is 348 g/mol. The molecule has 0 bridgehead atoms. The molecular weight excluding hydrogens is 338 g/mol. The molecular formula is C13H10BrN5O2. The van der Waals surface area contributed by atoms with Crippen molar-refractivity contribution in [1.82, 2.24) is 25.0 Å². The van der Waals surface area contributed by atoms with Crippen molar-refractivity contribution < 1.29 is 9.90 Å². The summed E-state index contributed by atoms with van der Waals surface area (Å²) >= 11 is 3.43. The van der Waals surface area contributed by atoms with Crippen molar-refractivity contribution in [2.75, 3.05) is 0 Å². The predicted octanol–water partition coefficient (Wildman–Crippen LogP) is 1.69. The number of carbonyl (C=O) groups is 1. The van der Waals surface area contributed by atoms with E-state index in [4.69, 9.17) is 0 Å². The number of rotatable bonds is 4. The molecule has 0 radical (unpaired) electrons. The summed E-state index contributed by atoms with van der Waals surface area (Å²) in [5.41, 5.74) is 1.77. The zero-order valence-corrected chi connectivity index (χ0v) is 12.3. The number of carboxylic acid groups (broad SMARTS) is 1. The SMILES string of the molecule is O=C(O)C(Cc1ccccc1Br)c1cncc2nnnn12. The van der Waals surface area contributed by atoms with Crippen LogP contribution in [0.15, 0.2) is 41.1 Å². The van der Waals surface area contributed by atoms with Crippen LogP contribution < -0.4 is 0 Å². The van der Waals surface area contributed by atoms with Gasteiger partial charge in [0.2, 0.25) is 0 Å². The highest BCUT2D eigenvalue weighted by Crippen LogP contribution is 2.25. The van der Waals surface area contributed by atoms with E-state index in [0.717, 1.165) is 10.0 Å². The average Bonchev–Trinajstić information content (AvgIpc) is 2.94. The molecule has 106 valence electrons. The fourth-order valence-corrected chi connectivity index (χ4v) is 2.58. The second-order valence-electron chi connectivity index (χ2n) is 4.47. The lowest BCUT2D eigenvalue weighted by atomic mass is 9.96. The van der Waals surface area contributed by atoms with Crippen LogP contribution in [0.4, 0.5) is 0 Å². The maximum absolute atomic E-state index is 11.7. The van der Waals surface area contributed by atoms with Crippen LogP contribution in [0.5, 0.6) is 0 Å². The van der Waals surface area contributed by atoms with Gasteiger partial charge in [-0.25, -0.2) is 0 Å². The highest BCUT2D eigenvalue weighted by molar-refractivity contribution is 9.10. The Hall–Kier alpha value is -2.35. The molecule has 0 aliphatic rings. The normalized spacial score (nSPS) is 12.4. The van der Waals surface area contributed by atoms with Crippen molar-refractivity contribution in [3.63, 3.8) is 0 Å². The Kier molecular flexibility index (Phi) is 3.61. The van der Waals surface area contributed by atoms with Crippen LogP contribution in [0.3, 0.4) is 0 Å². The largest absolute Gasteiger partial charge is 0.481 e. The lowest BCUT2D eigenvalue weighted by Crippen LogP contribution is -2.18. The number of benzene rings is 1. The van der Waals surface area contributed by atoms with E-state index in [9.17, 15) is 9.90 Å². The summed E-state index contributed by atoms with van der Waals surface area (Å²) in [6.07, 6.45) is 3.29. The Labute approximate surface area is 127 Å². The highest BCUT2D eigenvalue weighted by atomic mass is 79.9. The van der Waals surface area contributed by atoms with Crippen LogP contribution >= 0.6 is 15.9 Å². The number of aliphatic carboxylic acids is 1. The minimum Gasteiger partial charge on any atom is -0.481 e. The van der Waals surface area contributed by atoms with Crippen molar-refractivity contribution in [3.8, 4) is 0 Å². The summed E-state index contributed by atoms with van der Waals surface area (Å²) < 4.78 is 2.27. The first kappa shape index (κ1) is 13.6. The Morgan fingerprint density at radius 1 is 1.33 bits per heavy atom. The lowest BCUT2D eigenvalue weighted by molar-refractivity contribution is -0.138. The fourth-order valence-electron chi connectivity index (χ4n) is 2.13. The number of carboxylic acids is 1. The number of hydrogen-bond donors (Lipinski definition) is 1. The van der Waals surface area contributed by atoms with Gasteiger partial charge >= 0.3 is 5.97 Å². The number of tetrazole rings is 1. The molecule has 1 aromatic carbocycles. The molecule has 3 aromatic rings. The number of nitrogens with zero attached hydrogens (tertiary/aromatic N) is 5. The molecule has 21 heavy (non-hydrogen) atoms. The van der Waals surface area contributed by atoms with Gasteiger partial charge in [-0.2, -0.15) is 4.52 Å². The molecule has 0 aliphatic carbocycles. The number of halogens is 1. The summed E-state index contributed by atoms with van der Waals surface area (Å²) in [7, 11) is 0. The fraction of sp³-hybridized carbons (Fsp3) is 0.154. The van der Waals surface area contributed by atoms with E-state index in [2.05, 4.69) is 36.4 Å². The quantitative estimate of drug-likeness (QED) is 0.771. The molecule has 1 unspecified atom stereocenters. The van der Waals surface area contributed by atoms with E-state index in [1.54, 1.807) is 0 Å². The van der Waals surface area contributed by atoms with Crippen LogP contribution in [0.2, 0.25) is 0 Å². The first-order chi connectivity index (χ1) is 10.2. The molecule has 3 rings (SSSR count). The van der Waals surface area contributed by atoms with Crippen LogP contribution in [-0.4, -0.2) is 36.1 Å². The standard InChI is InChI=1S/C13H10BrN5O2/c14-10-4-2-1-3-8(10)5-9(13(20)21)11-6-15-7-12-16-17-18-19(11)12/h1-4,6-7,9H,5H2,(H,20,21). The van der Waals surface area contributed by atoms with E-state index < -0.39 is 11.9 Å². The molecule has 0 fully saturated rings. The van der Waals surface area contributed by atoms with Gasteiger partial charge in [0.25, 0.3) is 0 Å². The van der Waals surface area contributed by atoms with Gasteiger partial charge < -0.3 is 5.11 Å². The van der Waals surface area contributed by atoms with Crippen molar-refractivity contribution in [2.45, 2.75) is 12.3 Å². The Morgan fingerprint density at radius 2 is 2.14 bits per heavy atom. The monoisotopic (exact) mass is 347 g/mol. The van der Waals surface area contributed by atoms with Gasteiger partial charge in [0.1, 0.15) is 5.92 Å². The number of fused-ring (bicyclic) bond motifs is 1. The third-order valence-electron chi connectivity index (χ3n) is 3.17. The van der Waals surface area contributed by atoms with Crippen molar-refractivity contribution in [2.24, 2.45) is 0 Å². The van der Waals surface area contributed by atoms with Gasteiger partial charge in [0.05, 0.1) is 11.9 Å². The van der Waals surface area contributed by atoms with Crippen LogP contribution in [0.25, 0.3) is 5.65 Å². The maximum Gasteiger partial charge on any atom is 0.312 e.